The first-order valence-electron chi connectivity index (χ1n) is 8.20. The highest BCUT2D eigenvalue weighted by atomic mass is 32.2. The Balaban J connectivity index is 1.71. The SMILES string of the molecule is O=C1S/C(=C\c2ccc(C(F)(F)F)cc2)C(=O)N1Cc1ccc(OC(F)(F)F)cc1. The molecule has 0 aliphatic carbocycles. The topological polar surface area (TPSA) is 46.6 Å². The number of rotatable bonds is 4. The Bertz CT molecular complexity index is 981. The molecular formula is C19H11F6NO3S. The van der Waals surface area contributed by atoms with E-state index < -0.39 is 35.0 Å². The van der Waals surface area contributed by atoms with Crippen LogP contribution in [-0.2, 0) is 17.5 Å². The monoisotopic (exact) mass is 447 g/mol. The Hall–Kier alpha value is -2.95. The smallest absolute Gasteiger partial charge is 0.406 e. The molecule has 2 amide bonds. The molecule has 4 nitrogen and oxygen atoms in total. The molecule has 0 unspecified atom stereocenters. The summed E-state index contributed by atoms with van der Waals surface area (Å²) in [6.07, 6.45) is -8.03. The van der Waals surface area contributed by atoms with Gasteiger partial charge in [-0.05, 0) is 53.2 Å². The molecular weight excluding hydrogens is 436 g/mol. The molecule has 0 saturated carbocycles. The van der Waals surface area contributed by atoms with Gasteiger partial charge >= 0.3 is 12.5 Å². The van der Waals surface area contributed by atoms with E-state index in [2.05, 4.69) is 4.74 Å². The predicted molar refractivity (Wildman–Crippen MR) is 96.1 cm³/mol. The van der Waals surface area contributed by atoms with Crippen LogP contribution in [0.4, 0.5) is 31.1 Å². The van der Waals surface area contributed by atoms with Gasteiger partial charge in [0.2, 0.25) is 0 Å². The van der Waals surface area contributed by atoms with Crippen LogP contribution < -0.4 is 4.74 Å². The number of thioether (sulfide) groups is 1. The van der Waals surface area contributed by atoms with Crippen molar-refractivity contribution in [1.29, 1.82) is 0 Å². The van der Waals surface area contributed by atoms with Crippen LogP contribution in [0.1, 0.15) is 16.7 Å². The predicted octanol–water partition coefficient (Wildman–Crippen LogP) is 5.84. The van der Waals surface area contributed by atoms with Gasteiger partial charge in [-0.25, -0.2) is 0 Å². The van der Waals surface area contributed by atoms with E-state index in [0.717, 1.165) is 29.2 Å². The van der Waals surface area contributed by atoms with Crippen LogP contribution in [-0.4, -0.2) is 22.4 Å². The average molecular weight is 447 g/mol. The summed E-state index contributed by atoms with van der Waals surface area (Å²) >= 11 is 0.620. The number of alkyl halides is 6. The van der Waals surface area contributed by atoms with E-state index in [1.807, 2.05) is 0 Å². The molecule has 158 valence electrons. The molecule has 0 aromatic heterocycles. The molecule has 2 aromatic rings. The summed E-state index contributed by atoms with van der Waals surface area (Å²) in [5, 5.41) is -0.603. The summed E-state index contributed by atoms with van der Waals surface area (Å²) < 4.78 is 78.2. The van der Waals surface area contributed by atoms with Gasteiger partial charge < -0.3 is 4.74 Å². The first-order valence-corrected chi connectivity index (χ1v) is 9.01. The Kier molecular flexibility index (Phi) is 5.84. The molecule has 0 radical (unpaired) electrons. The Labute approximate surface area is 170 Å². The molecule has 1 saturated heterocycles. The normalized spacial score (nSPS) is 16.5. The molecule has 3 rings (SSSR count). The van der Waals surface area contributed by atoms with Gasteiger partial charge in [0.1, 0.15) is 5.75 Å². The fourth-order valence-corrected chi connectivity index (χ4v) is 3.37. The fraction of sp³-hybridized carbons (Fsp3) is 0.158. The number of imide groups is 1. The van der Waals surface area contributed by atoms with Crippen molar-refractivity contribution in [3.63, 3.8) is 0 Å². The van der Waals surface area contributed by atoms with Gasteiger partial charge in [-0.15, -0.1) is 13.2 Å². The van der Waals surface area contributed by atoms with Crippen LogP contribution in [0.3, 0.4) is 0 Å². The van der Waals surface area contributed by atoms with Gasteiger partial charge in [0, 0.05) is 0 Å². The minimum Gasteiger partial charge on any atom is -0.406 e. The molecule has 0 bridgehead atoms. The number of halogens is 6. The maximum Gasteiger partial charge on any atom is 0.573 e. The summed E-state index contributed by atoms with van der Waals surface area (Å²) in [6.45, 7) is -0.179. The third-order valence-corrected chi connectivity index (χ3v) is 4.81. The number of ether oxygens (including phenoxy) is 1. The minimum absolute atomic E-state index is 0.0248. The van der Waals surface area contributed by atoms with Crippen molar-refractivity contribution in [2.45, 2.75) is 19.1 Å². The van der Waals surface area contributed by atoms with Crippen LogP contribution in [0.5, 0.6) is 5.75 Å². The molecule has 0 atom stereocenters. The number of carbonyl (C=O) groups excluding carboxylic acids is 2. The van der Waals surface area contributed by atoms with Crippen molar-refractivity contribution in [3.8, 4) is 5.75 Å². The fourth-order valence-electron chi connectivity index (χ4n) is 2.54. The van der Waals surface area contributed by atoms with Gasteiger partial charge in [0.15, 0.2) is 0 Å². The Morgan fingerprint density at radius 3 is 2.03 bits per heavy atom. The van der Waals surface area contributed by atoms with Crippen LogP contribution in [0.2, 0.25) is 0 Å². The quantitative estimate of drug-likeness (QED) is 0.437. The molecule has 2 aromatic carbocycles. The number of benzene rings is 2. The van der Waals surface area contributed by atoms with Gasteiger partial charge in [-0.1, -0.05) is 24.3 Å². The standard InChI is InChI=1S/C19H11F6NO3S/c20-18(21,22)13-5-1-11(2-6-13)9-15-16(27)26(17(28)30-15)10-12-3-7-14(8-4-12)29-19(23,24)25/h1-9H,10H2/b15-9-. The number of amides is 2. The highest BCUT2D eigenvalue weighted by molar-refractivity contribution is 8.18. The number of nitrogens with zero attached hydrogens (tertiary/aromatic N) is 1. The van der Waals surface area contributed by atoms with Crippen LogP contribution >= 0.6 is 11.8 Å². The first kappa shape index (κ1) is 21.8. The lowest BCUT2D eigenvalue weighted by molar-refractivity contribution is -0.274. The van der Waals surface area contributed by atoms with Crippen molar-refractivity contribution in [2.24, 2.45) is 0 Å². The summed E-state index contributed by atoms with van der Waals surface area (Å²) in [6, 6.07) is 8.75. The van der Waals surface area contributed by atoms with E-state index in [1.165, 1.54) is 30.3 Å². The van der Waals surface area contributed by atoms with Crippen molar-refractivity contribution >= 4 is 29.0 Å². The molecule has 1 aliphatic rings. The van der Waals surface area contributed by atoms with E-state index in [1.54, 1.807) is 0 Å². The number of hydrogen-bond acceptors (Lipinski definition) is 4. The lowest BCUT2D eigenvalue weighted by atomic mass is 10.1. The number of hydrogen-bond donors (Lipinski definition) is 0. The summed E-state index contributed by atoms with van der Waals surface area (Å²) in [5.74, 6) is -1.09. The molecule has 1 fully saturated rings. The summed E-state index contributed by atoms with van der Waals surface area (Å²) in [7, 11) is 0. The maximum atomic E-state index is 12.6. The number of carbonyl (C=O) groups is 2. The lowest BCUT2D eigenvalue weighted by Gasteiger charge is -2.13. The van der Waals surface area contributed by atoms with Gasteiger partial charge in [-0.2, -0.15) is 13.2 Å². The van der Waals surface area contributed by atoms with E-state index in [4.69, 9.17) is 0 Å². The van der Waals surface area contributed by atoms with Crippen LogP contribution in [0, 0.1) is 0 Å². The third-order valence-electron chi connectivity index (χ3n) is 3.91. The van der Waals surface area contributed by atoms with Gasteiger partial charge in [0.25, 0.3) is 11.1 Å². The molecule has 1 heterocycles. The van der Waals surface area contributed by atoms with E-state index in [0.29, 0.717) is 22.9 Å². The van der Waals surface area contributed by atoms with Crippen molar-refractivity contribution < 1.29 is 40.7 Å². The molecule has 0 spiro atoms. The zero-order valence-corrected chi connectivity index (χ0v) is 15.6. The maximum absolute atomic E-state index is 12.6. The largest absolute Gasteiger partial charge is 0.573 e. The summed E-state index contributed by atoms with van der Waals surface area (Å²) in [4.78, 5) is 25.5. The molecule has 30 heavy (non-hydrogen) atoms. The highest BCUT2D eigenvalue weighted by Crippen LogP contribution is 2.34. The van der Waals surface area contributed by atoms with Crippen LogP contribution in [0.15, 0.2) is 53.4 Å². The first-order chi connectivity index (χ1) is 13.9. The second-order valence-electron chi connectivity index (χ2n) is 6.08. The summed E-state index contributed by atoms with van der Waals surface area (Å²) in [5.41, 5.74) is -0.143. The highest BCUT2D eigenvalue weighted by Gasteiger charge is 2.35. The van der Waals surface area contributed by atoms with E-state index >= 15 is 0 Å². The Morgan fingerprint density at radius 2 is 1.50 bits per heavy atom. The zero-order valence-electron chi connectivity index (χ0n) is 14.8. The third kappa shape index (κ3) is 5.35. The minimum atomic E-state index is -4.84. The van der Waals surface area contributed by atoms with Crippen molar-refractivity contribution in [2.75, 3.05) is 0 Å². The lowest BCUT2D eigenvalue weighted by Crippen LogP contribution is -2.27. The van der Waals surface area contributed by atoms with Gasteiger partial charge in [-0.3, -0.25) is 14.5 Å². The van der Waals surface area contributed by atoms with E-state index in [-0.39, 0.29) is 11.4 Å². The average Bonchev–Trinajstić information content (AvgIpc) is 2.89. The van der Waals surface area contributed by atoms with E-state index in [9.17, 15) is 35.9 Å². The second-order valence-corrected chi connectivity index (χ2v) is 7.07. The van der Waals surface area contributed by atoms with Gasteiger partial charge in [0.05, 0.1) is 17.0 Å². The molecule has 11 heteroatoms. The molecule has 0 N–H and O–H groups in total. The second kappa shape index (κ2) is 8.05. The Morgan fingerprint density at radius 1 is 0.900 bits per heavy atom. The van der Waals surface area contributed by atoms with Crippen molar-refractivity contribution in [1.82, 2.24) is 4.90 Å². The zero-order chi connectivity index (χ0) is 22.1. The van der Waals surface area contributed by atoms with Crippen molar-refractivity contribution in [3.05, 3.63) is 70.1 Å². The molecule has 1 aliphatic heterocycles. The van der Waals surface area contributed by atoms with Crippen LogP contribution in [0.25, 0.3) is 6.08 Å².